The van der Waals surface area contributed by atoms with E-state index in [0.29, 0.717) is 12.8 Å². The monoisotopic (exact) mass is 228 g/mol. The summed E-state index contributed by atoms with van der Waals surface area (Å²) in [4.78, 5) is 10.7. The first-order valence-electron chi connectivity index (χ1n) is 5.15. The molecule has 1 fully saturated rings. The summed E-state index contributed by atoms with van der Waals surface area (Å²) in [6.07, 6.45) is -2.21. The molecule has 86 valence electrons. The van der Waals surface area contributed by atoms with Crippen LogP contribution in [0.5, 0.6) is 0 Å². The minimum atomic E-state index is -4.33. The molecule has 0 radical (unpaired) electrons. The van der Waals surface area contributed by atoms with Gasteiger partial charge in [-0.2, -0.15) is 13.2 Å². The summed E-state index contributed by atoms with van der Waals surface area (Å²) in [7, 11) is 0. The molecule has 1 nitrogen and oxygen atoms in total. The second kappa shape index (κ2) is 3.92. The first-order chi connectivity index (χ1) is 7.54. The predicted octanol–water partition coefficient (Wildman–Crippen LogP) is 3.40. The molecule has 1 aromatic rings. The highest BCUT2D eigenvalue weighted by Gasteiger charge is 2.39. The van der Waals surface area contributed by atoms with Crippen LogP contribution in [0, 0.1) is 5.92 Å². The summed E-state index contributed by atoms with van der Waals surface area (Å²) < 4.78 is 38.1. The molecule has 0 aliphatic heterocycles. The van der Waals surface area contributed by atoms with Crippen LogP contribution < -0.4 is 0 Å². The highest BCUT2D eigenvalue weighted by atomic mass is 19.4. The van der Waals surface area contributed by atoms with Crippen LogP contribution >= 0.6 is 0 Å². The van der Waals surface area contributed by atoms with Crippen molar-refractivity contribution in [3.63, 3.8) is 0 Å². The van der Waals surface area contributed by atoms with Crippen LogP contribution in [-0.2, 0) is 11.0 Å². The van der Waals surface area contributed by atoms with E-state index in [1.165, 1.54) is 12.1 Å². The third-order valence-electron chi connectivity index (χ3n) is 3.17. The van der Waals surface area contributed by atoms with Crippen molar-refractivity contribution in [2.24, 2.45) is 5.92 Å². The van der Waals surface area contributed by atoms with Gasteiger partial charge in [0.1, 0.15) is 6.29 Å². The molecule has 0 amide bonds. The van der Waals surface area contributed by atoms with Crippen LogP contribution in [0.3, 0.4) is 0 Å². The molecule has 0 aromatic heterocycles. The SMILES string of the molecule is O=CC1CCC1c1ccccc1C(F)(F)F. The number of alkyl halides is 3. The van der Waals surface area contributed by atoms with Crippen LogP contribution in [0.2, 0.25) is 0 Å². The van der Waals surface area contributed by atoms with Gasteiger partial charge < -0.3 is 4.79 Å². The van der Waals surface area contributed by atoms with Gasteiger partial charge >= 0.3 is 6.18 Å². The fourth-order valence-electron chi connectivity index (χ4n) is 2.15. The summed E-state index contributed by atoms with van der Waals surface area (Å²) in [5, 5.41) is 0. The Morgan fingerprint density at radius 2 is 1.88 bits per heavy atom. The minimum Gasteiger partial charge on any atom is -0.303 e. The van der Waals surface area contributed by atoms with E-state index in [2.05, 4.69) is 0 Å². The molecule has 0 bridgehead atoms. The fraction of sp³-hybridized carbons (Fsp3) is 0.417. The lowest BCUT2D eigenvalue weighted by Crippen LogP contribution is -2.27. The van der Waals surface area contributed by atoms with Crippen LogP contribution in [0.4, 0.5) is 13.2 Å². The van der Waals surface area contributed by atoms with Gasteiger partial charge in [0.25, 0.3) is 0 Å². The van der Waals surface area contributed by atoms with E-state index >= 15 is 0 Å². The second-order valence-electron chi connectivity index (χ2n) is 4.07. The van der Waals surface area contributed by atoms with Crippen LogP contribution in [0.1, 0.15) is 29.9 Å². The van der Waals surface area contributed by atoms with E-state index in [-0.39, 0.29) is 17.4 Å². The van der Waals surface area contributed by atoms with E-state index in [1.807, 2.05) is 0 Å². The lowest BCUT2D eigenvalue weighted by atomic mass is 9.69. The van der Waals surface area contributed by atoms with E-state index in [0.717, 1.165) is 12.4 Å². The van der Waals surface area contributed by atoms with E-state index in [1.54, 1.807) is 6.07 Å². The summed E-state index contributed by atoms with van der Waals surface area (Å²) in [6.45, 7) is 0. The number of halogens is 3. The molecular formula is C12H11F3O. The Labute approximate surface area is 91.3 Å². The van der Waals surface area contributed by atoms with Gasteiger partial charge in [0.15, 0.2) is 0 Å². The summed E-state index contributed by atoms with van der Waals surface area (Å²) >= 11 is 0. The topological polar surface area (TPSA) is 17.1 Å². The smallest absolute Gasteiger partial charge is 0.303 e. The van der Waals surface area contributed by atoms with Gasteiger partial charge in [-0.15, -0.1) is 0 Å². The van der Waals surface area contributed by atoms with Gasteiger partial charge in [0, 0.05) is 5.92 Å². The molecule has 1 saturated carbocycles. The van der Waals surface area contributed by atoms with E-state index in [4.69, 9.17) is 0 Å². The van der Waals surface area contributed by atoms with Crippen molar-refractivity contribution in [1.29, 1.82) is 0 Å². The Kier molecular flexibility index (Phi) is 2.74. The first kappa shape index (κ1) is 11.2. The van der Waals surface area contributed by atoms with Gasteiger partial charge in [-0.3, -0.25) is 0 Å². The molecule has 2 atom stereocenters. The maximum absolute atomic E-state index is 12.7. The van der Waals surface area contributed by atoms with E-state index < -0.39 is 11.7 Å². The second-order valence-corrected chi connectivity index (χ2v) is 4.07. The molecular weight excluding hydrogens is 217 g/mol. The Hall–Kier alpha value is -1.32. The van der Waals surface area contributed by atoms with Gasteiger partial charge in [0.05, 0.1) is 5.56 Å². The number of carbonyl (C=O) groups excluding carboxylic acids is 1. The summed E-state index contributed by atoms with van der Waals surface area (Å²) in [5.41, 5.74) is -0.343. The molecule has 1 aliphatic rings. The molecule has 0 saturated heterocycles. The van der Waals surface area contributed by atoms with Crippen molar-refractivity contribution in [2.45, 2.75) is 24.9 Å². The van der Waals surface area contributed by atoms with Gasteiger partial charge in [-0.1, -0.05) is 18.2 Å². The van der Waals surface area contributed by atoms with Crippen molar-refractivity contribution >= 4 is 6.29 Å². The first-order valence-corrected chi connectivity index (χ1v) is 5.15. The maximum Gasteiger partial charge on any atom is 0.416 e. The van der Waals surface area contributed by atoms with Crippen molar-refractivity contribution < 1.29 is 18.0 Å². The Morgan fingerprint density at radius 3 is 2.38 bits per heavy atom. The van der Waals surface area contributed by atoms with Gasteiger partial charge in [-0.05, 0) is 30.4 Å². The summed E-state index contributed by atoms with van der Waals surface area (Å²) in [5.74, 6) is -0.501. The van der Waals surface area contributed by atoms with E-state index in [9.17, 15) is 18.0 Å². The molecule has 0 heterocycles. The summed E-state index contributed by atoms with van der Waals surface area (Å²) in [6, 6.07) is 5.52. The number of rotatable bonds is 2. The molecule has 1 aliphatic carbocycles. The zero-order valence-electron chi connectivity index (χ0n) is 8.50. The quantitative estimate of drug-likeness (QED) is 0.709. The van der Waals surface area contributed by atoms with Crippen molar-refractivity contribution in [3.8, 4) is 0 Å². The van der Waals surface area contributed by atoms with Crippen LogP contribution in [0.25, 0.3) is 0 Å². The van der Waals surface area contributed by atoms with Crippen LogP contribution in [-0.4, -0.2) is 6.29 Å². The number of hydrogen-bond donors (Lipinski definition) is 0. The highest BCUT2D eigenvalue weighted by molar-refractivity contribution is 5.58. The minimum absolute atomic E-state index is 0.247. The zero-order chi connectivity index (χ0) is 11.8. The third kappa shape index (κ3) is 1.84. The largest absolute Gasteiger partial charge is 0.416 e. The van der Waals surface area contributed by atoms with Gasteiger partial charge in [0.2, 0.25) is 0 Å². The normalized spacial score (nSPS) is 24.9. The third-order valence-corrected chi connectivity index (χ3v) is 3.17. The maximum atomic E-state index is 12.7. The average molecular weight is 228 g/mol. The molecule has 2 rings (SSSR count). The van der Waals surface area contributed by atoms with Crippen molar-refractivity contribution in [3.05, 3.63) is 35.4 Å². The number of carbonyl (C=O) groups is 1. The Bertz CT molecular complexity index is 397. The molecule has 4 heteroatoms. The lowest BCUT2D eigenvalue weighted by molar-refractivity contribution is -0.139. The number of aldehydes is 1. The average Bonchev–Trinajstić information content (AvgIpc) is 2.16. The van der Waals surface area contributed by atoms with Crippen LogP contribution in [0.15, 0.2) is 24.3 Å². The van der Waals surface area contributed by atoms with Gasteiger partial charge in [-0.25, -0.2) is 0 Å². The highest BCUT2D eigenvalue weighted by Crippen LogP contribution is 2.45. The van der Waals surface area contributed by atoms with Crippen molar-refractivity contribution in [2.75, 3.05) is 0 Å². The lowest BCUT2D eigenvalue weighted by Gasteiger charge is -2.34. The molecule has 1 aromatic carbocycles. The number of hydrogen-bond acceptors (Lipinski definition) is 1. The molecule has 16 heavy (non-hydrogen) atoms. The zero-order valence-corrected chi connectivity index (χ0v) is 8.50. The standard InChI is InChI=1S/C12H11F3O/c13-12(14,15)11-4-2-1-3-10(11)9-6-5-8(9)7-16/h1-4,7-9H,5-6H2. The Balaban J connectivity index is 2.37. The molecule has 2 unspecified atom stereocenters. The molecule has 0 spiro atoms. The Morgan fingerprint density at radius 1 is 1.19 bits per heavy atom. The van der Waals surface area contributed by atoms with Crippen molar-refractivity contribution in [1.82, 2.24) is 0 Å². The fourth-order valence-corrected chi connectivity index (χ4v) is 2.15. The number of benzene rings is 1. The predicted molar refractivity (Wildman–Crippen MR) is 53.0 cm³/mol. The molecule has 0 N–H and O–H groups in total.